The summed E-state index contributed by atoms with van der Waals surface area (Å²) >= 11 is 0. The molecule has 34 heavy (non-hydrogen) atoms. The van der Waals surface area contributed by atoms with Gasteiger partial charge < -0.3 is 4.74 Å². The topological polar surface area (TPSA) is 90.3 Å². The van der Waals surface area contributed by atoms with Gasteiger partial charge in [-0.05, 0) is 74.2 Å². The second-order valence-electron chi connectivity index (χ2n) is 8.88. The Morgan fingerprint density at radius 1 is 1.03 bits per heavy atom. The third-order valence-electron chi connectivity index (χ3n) is 5.26. The molecule has 0 unspecified atom stereocenters. The molecule has 2 aromatic carbocycles. The number of anilines is 1. The number of fused-ring (bicyclic) bond motifs is 1. The molecule has 0 saturated carbocycles. The summed E-state index contributed by atoms with van der Waals surface area (Å²) in [5, 5.41) is 3.51. The van der Waals surface area contributed by atoms with Crippen LogP contribution in [0.4, 0.5) is 10.5 Å². The molecule has 0 fully saturated rings. The van der Waals surface area contributed by atoms with Crippen LogP contribution >= 0.6 is 0 Å². The summed E-state index contributed by atoms with van der Waals surface area (Å²) in [5.41, 5.74) is 3.03. The number of hydrogen-bond donors (Lipinski definition) is 1. The number of pyridine rings is 1. The van der Waals surface area contributed by atoms with Gasteiger partial charge in [0.2, 0.25) is 0 Å². The van der Waals surface area contributed by atoms with Gasteiger partial charge >= 0.3 is 6.09 Å². The molecule has 2 heterocycles. The fraction of sp³-hybridized carbons (Fsp3) is 0.231. The largest absolute Gasteiger partial charge is 0.444 e. The average Bonchev–Trinajstić information content (AvgIpc) is 3.19. The lowest BCUT2D eigenvalue weighted by atomic mass is 10.0. The number of nitrogens with one attached hydrogen (secondary N) is 1. The molecule has 4 aromatic rings. The summed E-state index contributed by atoms with van der Waals surface area (Å²) in [6, 6.07) is 17.5. The van der Waals surface area contributed by atoms with Gasteiger partial charge in [-0.2, -0.15) is 0 Å². The minimum Gasteiger partial charge on any atom is -0.444 e. The van der Waals surface area contributed by atoms with E-state index in [4.69, 9.17) is 4.74 Å². The van der Waals surface area contributed by atoms with Crippen LogP contribution in [0.3, 0.4) is 0 Å². The standard InChI is InChI=1S/C26H27N3O4S/c1-5-18-17-29(34(31,32)21-9-7-6-8-10-21)24-23(18)22(15-16-27-24)19-11-13-20(14-12-19)28-25(30)33-26(2,3)4/h6-17H,5H2,1-4H3,(H,28,30). The molecule has 1 amide bonds. The van der Waals surface area contributed by atoms with E-state index in [0.717, 1.165) is 22.1 Å². The van der Waals surface area contributed by atoms with Crippen molar-refractivity contribution in [1.29, 1.82) is 0 Å². The zero-order chi connectivity index (χ0) is 24.5. The van der Waals surface area contributed by atoms with Crippen molar-refractivity contribution in [3.63, 3.8) is 0 Å². The molecule has 0 aliphatic carbocycles. The van der Waals surface area contributed by atoms with Crippen LogP contribution in [0.5, 0.6) is 0 Å². The first-order valence-electron chi connectivity index (χ1n) is 11.0. The van der Waals surface area contributed by atoms with Gasteiger partial charge in [0.1, 0.15) is 5.60 Å². The van der Waals surface area contributed by atoms with Gasteiger partial charge in [0.05, 0.1) is 4.90 Å². The molecule has 0 radical (unpaired) electrons. The number of amides is 1. The Bertz CT molecular complexity index is 1440. The van der Waals surface area contributed by atoms with E-state index in [1.807, 2.05) is 25.1 Å². The van der Waals surface area contributed by atoms with Crippen molar-refractivity contribution >= 4 is 32.8 Å². The van der Waals surface area contributed by atoms with E-state index in [-0.39, 0.29) is 4.90 Å². The van der Waals surface area contributed by atoms with Crippen molar-refractivity contribution in [2.45, 2.75) is 44.6 Å². The molecule has 0 aliphatic heterocycles. The van der Waals surface area contributed by atoms with Crippen LogP contribution in [0.2, 0.25) is 0 Å². The van der Waals surface area contributed by atoms with E-state index in [0.29, 0.717) is 17.8 Å². The van der Waals surface area contributed by atoms with Crippen molar-refractivity contribution in [3.05, 3.63) is 78.6 Å². The van der Waals surface area contributed by atoms with Gasteiger partial charge in [-0.25, -0.2) is 22.2 Å². The fourth-order valence-electron chi connectivity index (χ4n) is 3.75. The summed E-state index contributed by atoms with van der Waals surface area (Å²) in [7, 11) is -3.80. The van der Waals surface area contributed by atoms with Crippen LogP contribution in [-0.2, 0) is 21.2 Å². The lowest BCUT2D eigenvalue weighted by Crippen LogP contribution is -2.27. The van der Waals surface area contributed by atoms with Gasteiger partial charge in [0.15, 0.2) is 5.65 Å². The number of ether oxygens (including phenoxy) is 1. The Hall–Kier alpha value is -3.65. The molecule has 8 heteroatoms. The van der Waals surface area contributed by atoms with Crippen molar-refractivity contribution in [1.82, 2.24) is 8.96 Å². The predicted octanol–water partition coefficient (Wildman–Crippen LogP) is 5.85. The second-order valence-corrected chi connectivity index (χ2v) is 10.7. The highest BCUT2D eigenvalue weighted by Crippen LogP contribution is 2.34. The Morgan fingerprint density at radius 3 is 2.32 bits per heavy atom. The van der Waals surface area contributed by atoms with Gasteiger partial charge in [0, 0.05) is 23.5 Å². The van der Waals surface area contributed by atoms with Crippen molar-refractivity contribution in [3.8, 4) is 11.1 Å². The van der Waals surface area contributed by atoms with Crippen LogP contribution in [0, 0.1) is 0 Å². The molecule has 7 nitrogen and oxygen atoms in total. The number of aryl methyl sites for hydroxylation is 1. The molecule has 1 N–H and O–H groups in total. The van der Waals surface area contributed by atoms with E-state index in [9.17, 15) is 13.2 Å². The third-order valence-corrected chi connectivity index (χ3v) is 6.92. The van der Waals surface area contributed by atoms with Crippen LogP contribution in [-0.4, -0.2) is 29.1 Å². The molecule has 0 aliphatic rings. The second kappa shape index (κ2) is 8.95. The zero-order valence-corrected chi connectivity index (χ0v) is 20.4. The lowest BCUT2D eigenvalue weighted by molar-refractivity contribution is 0.0636. The first kappa shape index (κ1) is 23.5. The molecular weight excluding hydrogens is 450 g/mol. The molecule has 4 rings (SSSR count). The van der Waals surface area contributed by atoms with Crippen LogP contribution in [0.25, 0.3) is 22.2 Å². The summed E-state index contributed by atoms with van der Waals surface area (Å²) < 4.78 is 33.2. The van der Waals surface area contributed by atoms with E-state index < -0.39 is 21.7 Å². The maximum absolute atomic E-state index is 13.3. The molecular formula is C26H27N3O4S. The normalized spacial score (nSPS) is 12.0. The lowest BCUT2D eigenvalue weighted by Gasteiger charge is -2.19. The Labute approximate surface area is 199 Å². The monoisotopic (exact) mass is 477 g/mol. The van der Waals surface area contributed by atoms with Crippen LogP contribution in [0.15, 0.2) is 78.0 Å². The highest BCUT2D eigenvalue weighted by atomic mass is 32.2. The Kier molecular flexibility index (Phi) is 6.18. The van der Waals surface area contributed by atoms with Crippen LogP contribution in [0.1, 0.15) is 33.3 Å². The Balaban J connectivity index is 1.74. The van der Waals surface area contributed by atoms with E-state index in [1.165, 1.54) is 3.97 Å². The highest BCUT2D eigenvalue weighted by molar-refractivity contribution is 7.90. The smallest absolute Gasteiger partial charge is 0.412 e. The highest BCUT2D eigenvalue weighted by Gasteiger charge is 2.23. The molecule has 0 saturated heterocycles. The van der Waals surface area contributed by atoms with Gasteiger partial charge in [-0.1, -0.05) is 37.3 Å². The third kappa shape index (κ3) is 4.68. The minimum atomic E-state index is -3.80. The number of rotatable bonds is 5. The van der Waals surface area contributed by atoms with Crippen molar-refractivity contribution in [2.75, 3.05) is 5.32 Å². The number of carbonyl (C=O) groups excluding carboxylic acids is 1. The van der Waals surface area contributed by atoms with Gasteiger partial charge in [-0.3, -0.25) is 5.32 Å². The molecule has 0 bridgehead atoms. The van der Waals surface area contributed by atoms with E-state index in [2.05, 4.69) is 10.3 Å². The summed E-state index contributed by atoms with van der Waals surface area (Å²) in [6.07, 6.45) is 3.39. The quantitative estimate of drug-likeness (QED) is 0.389. The number of hydrogen-bond acceptors (Lipinski definition) is 5. The SMILES string of the molecule is CCc1cn(S(=O)(=O)c2ccccc2)c2nccc(-c3ccc(NC(=O)OC(C)(C)C)cc3)c12. The van der Waals surface area contributed by atoms with Gasteiger partial charge in [0.25, 0.3) is 10.0 Å². The van der Waals surface area contributed by atoms with E-state index >= 15 is 0 Å². The molecule has 2 aromatic heterocycles. The number of nitrogens with zero attached hydrogens (tertiary/aromatic N) is 2. The van der Waals surface area contributed by atoms with Gasteiger partial charge in [-0.15, -0.1) is 0 Å². The average molecular weight is 478 g/mol. The maximum Gasteiger partial charge on any atom is 0.412 e. The number of carbonyl (C=O) groups is 1. The first-order valence-corrected chi connectivity index (χ1v) is 12.4. The maximum atomic E-state index is 13.3. The fourth-order valence-corrected chi connectivity index (χ4v) is 5.11. The van der Waals surface area contributed by atoms with E-state index in [1.54, 1.807) is 75.6 Å². The van der Waals surface area contributed by atoms with Crippen molar-refractivity contribution in [2.24, 2.45) is 0 Å². The molecule has 0 spiro atoms. The number of benzene rings is 2. The Morgan fingerprint density at radius 2 is 1.71 bits per heavy atom. The first-order chi connectivity index (χ1) is 16.1. The van der Waals surface area contributed by atoms with Crippen molar-refractivity contribution < 1.29 is 17.9 Å². The summed E-state index contributed by atoms with van der Waals surface area (Å²) in [6.45, 7) is 7.40. The molecule has 176 valence electrons. The predicted molar refractivity (Wildman–Crippen MR) is 133 cm³/mol. The summed E-state index contributed by atoms with van der Waals surface area (Å²) in [5.74, 6) is 0. The minimum absolute atomic E-state index is 0.208. The number of aromatic nitrogens is 2. The summed E-state index contributed by atoms with van der Waals surface area (Å²) in [4.78, 5) is 16.7. The zero-order valence-electron chi connectivity index (χ0n) is 19.6. The molecule has 0 atom stereocenters. The van der Waals surface area contributed by atoms with Crippen LogP contribution < -0.4 is 5.32 Å².